The summed E-state index contributed by atoms with van der Waals surface area (Å²) in [5, 5.41) is 12.1. The van der Waals surface area contributed by atoms with Gasteiger partial charge in [-0.05, 0) is 41.5 Å². The normalized spacial score (nSPS) is 12.6. The first-order valence-electron chi connectivity index (χ1n) is 6.54. The summed E-state index contributed by atoms with van der Waals surface area (Å²) in [6.07, 6.45) is 0.969. The van der Waals surface area contributed by atoms with Gasteiger partial charge in [-0.3, -0.25) is 0 Å². The molecule has 0 unspecified atom stereocenters. The molecule has 2 aromatic rings. The third-order valence-corrected chi connectivity index (χ3v) is 3.38. The van der Waals surface area contributed by atoms with Crippen molar-refractivity contribution in [2.75, 3.05) is 11.9 Å². The maximum Gasteiger partial charge on any atom is 0.335 e. The van der Waals surface area contributed by atoms with Gasteiger partial charge in [0.05, 0.1) is 12.2 Å². The van der Waals surface area contributed by atoms with Crippen LogP contribution in [0.25, 0.3) is 0 Å². The van der Waals surface area contributed by atoms with Crippen LogP contribution in [0.15, 0.2) is 42.5 Å². The molecule has 20 heavy (non-hydrogen) atoms. The minimum atomic E-state index is -0.907. The van der Waals surface area contributed by atoms with E-state index in [1.807, 2.05) is 12.1 Å². The number of hydrogen-bond donors (Lipinski definition) is 2. The number of carboxylic acids is 1. The van der Waals surface area contributed by atoms with Gasteiger partial charge in [0.25, 0.3) is 0 Å². The summed E-state index contributed by atoms with van der Waals surface area (Å²) in [7, 11) is 0. The maximum atomic E-state index is 10.8. The molecule has 0 aliphatic carbocycles. The van der Waals surface area contributed by atoms with Gasteiger partial charge in [0.1, 0.15) is 5.75 Å². The van der Waals surface area contributed by atoms with E-state index in [9.17, 15) is 4.79 Å². The fourth-order valence-corrected chi connectivity index (χ4v) is 2.28. The van der Waals surface area contributed by atoms with Crippen LogP contribution in [0.1, 0.15) is 21.5 Å². The molecule has 0 radical (unpaired) electrons. The van der Waals surface area contributed by atoms with E-state index < -0.39 is 5.97 Å². The SMILES string of the molecule is O=C(O)c1ccc(NCc2ccc3c(c2)CCO3)cc1. The molecule has 2 N–H and O–H groups in total. The van der Waals surface area contributed by atoms with E-state index in [0.717, 1.165) is 24.5 Å². The Morgan fingerprint density at radius 1 is 1.20 bits per heavy atom. The van der Waals surface area contributed by atoms with E-state index in [2.05, 4.69) is 11.4 Å². The predicted molar refractivity (Wildman–Crippen MR) is 76.4 cm³/mol. The second kappa shape index (κ2) is 5.25. The Morgan fingerprint density at radius 3 is 2.75 bits per heavy atom. The molecule has 1 aliphatic heterocycles. The lowest BCUT2D eigenvalue weighted by atomic mass is 10.1. The van der Waals surface area contributed by atoms with E-state index in [4.69, 9.17) is 9.84 Å². The van der Waals surface area contributed by atoms with Gasteiger partial charge in [0.15, 0.2) is 0 Å². The highest BCUT2D eigenvalue weighted by Crippen LogP contribution is 2.26. The summed E-state index contributed by atoms with van der Waals surface area (Å²) in [4.78, 5) is 10.8. The molecule has 0 saturated carbocycles. The van der Waals surface area contributed by atoms with Gasteiger partial charge in [0.2, 0.25) is 0 Å². The number of aromatic carboxylic acids is 1. The second-order valence-electron chi connectivity index (χ2n) is 4.78. The summed E-state index contributed by atoms with van der Waals surface area (Å²) in [6, 6.07) is 13.0. The zero-order chi connectivity index (χ0) is 13.9. The van der Waals surface area contributed by atoms with Crippen molar-refractivity contribution in [2.24, 2.45) is 0 Å². The number of benzene rings is 2. The van der Waals surface area contributed by atoms with Crippen molar-refractivity contribution in [1.29, 1.82) is 0 Å². The molecule has 1 heterocycles. The van der Waals surface area contributed by atoms with Crippen LogP contribution in [0.4, 0.5) is 5.69 Å². The van der Waals surface area contributed by atoms with Gasteiger partial charge < -0.3 is 15.2 Å². The number of carbonyl (C=O) groups is 1. The van der Waals surface area contributed by atoms with E-state index >= 15 is 0 Å². The first-order chi connectivity index (χ1) is 9.72. The molecule has 0 bridgehead atoms. The van der Waals surface area contributed by atoms with Crippen LogP contribution in [0.5, 0.6) is 5.75 Å². The summed E-state index contributed by atoms with van der Waals surface area (Å²) in [5.74, 6) is 0.0785. The Bertz CT molecular complexity index is 635. The van der Waals surface area contributed by atoms with Crippen molar-refractivity contribution in [3.8, 4) is 5.75 Å². The van der Waals surface area contributed by atoms with Crippen LogP contribution < -0.4 is 10.1 Å². The Labute approximate surface area is 117 Å². The van der Waals surface area contributed by atoms with Crippen LogP contribution in [-0.2, 0) is 13.0 Å². The Hall–Kier alpha value is -2.49. The summed E-state index contributed by atoms with van der Waals surface area (Å²) >= 11 is 0. The summed E-state index contributed by atoms with van der Waals surface area (Å²) in [6.45, 7) is 1.47. The molecule has 1 aliphatic rings. The predicted octanol–water partition coefficient (Wildman–Crippen LogP) is 2.93. The molecule has 0 amide bonds. The largest absolute Gasteiger partial charge is 0.493 e. The van der Waals surface area contributed by atoms with Gasteiger partial charge in [-0.25, -0.2) is 4.79 Å². The molecule has 2 aromatic carbocycles. The molecule has 0 spiro atoms. The summed E-state index contributed by atoms with van der Waals surface area (Å²) < 4.78 is 5.48. The topological polar surface area (TPSA) is 58.6 Å². The van der Waals surface area contributed by atoms with Crippen molar-refractivity contribution in [3.63, 3.8) is 0 Å². The van der Waals surface area contributed by atoms with Crippen molar-refractivity contribution < 1.29 is 14.6 Å². The number of ether oxygens (including phenoxy) is 1. The molecule has 0 aromatic heterocycles. The Kier molecular flexibility index (Phi) is 3.29. The lowest BCUT2D eigenvalue weighted by molar-refractivity contribution is 0.0697. The van der Waals surface area contributed by atoms with Gasteiger partial charge in [-0.15, -0.1) is 0 Å². The van der Waals surface area contributed by atoms with Gasteiger partial charge in [-0.2, -0.15) is 0 Å². The average molecular weight is 269 g/mol. The zero-order valence-corrected chi connectivity index (χ0v) is 10.9. The smallest absolute Gasteiger partial charge is 0.335 e. The lowest BCUT2D eigenvalue weighted by Gasteiger charge is -2.08. The van der Waals surface area contributed by atoms with E-state index in [1.54, 1.807) is 24.3 Å². The third-order valence-electron chi connectivity index (χ3n) is 3.38. The molecule has 3 rings (SSSR count). The minimum Gasteiger partial charge on any atom is -0.493 e. The van der Waals surface area contributed by atoms with E-state index in [1.165, 1.54) is 11.1 Å². The van der Waals surface area contributed by atoms with Crippen LogP contribution >= 0.6 is 0 Å². The van der Waals surface area contributed by atoms with Crippen LogP contribution in [0.3, 0.4) is 0 Å². The highest BCUT2D eigenvalue weighted by molar-refractivity contribution is 5.87. The van der Waals surface area contributed by atoms with Gasteiger partial charge >= 0.3 is 5.97 Å². The lowest BCUT2D eigenvalue weighted by Crippen LogP contribution is -2.01. The van der Waals surface area contributed by atoms with Crippen molar-refractivity contribution in [2.45, 2.75) is 13.0 Å². The Morgan fingerprint density at radius 2 is 2.00 bits per heavy atom. The summed E-state index contributed by atoms with van der Waals surface area (Å²) in [5.41, 5.74) is 3.65. The number of fused-ring (bicyclic) bond motifs is 1. The van der Waals surface area contributed by atoms with Gasteiger partial charge in [0, 0.05) is 18.7 Å². The molecule has 4 nitrogen and oxygen atoms in total. The Balaban J connectivity index is 1.65. The van der Waals surface area contributed by atoms with Crippen LogP contribution in [-0.4, -0.2) is 17.7 Å². The molecule has 102 valence electrons. The highest BCUT2D eigenvalue weighted by Gasteiger charge is 2.11. The standard InChI is InChI=1S/C16H15NO3/c18-16(19)12-2-4-14(5-3-12)17-10-11-1-6-15-13(9-11)7-8-20-15/h1-6,9,17H,7-8,10H2,(H,18,19). The number of anilines is 1. The quantitative estimate of drug-likeness (QED) is 0.896. The van der Waals surface area contributed by atoms with Crippen LogP contribution in [0.2, 0.25) is 0 Å². The second-order valence-corrected chi connectivity index (χ2v) is 4.78. The van der Waals surface area contributed by atoms with Crippen molar-refractivity contribution in [1.82, 2.24) is 0 Å². The number of hydrogen-bond acceptors (Lipinski definition) is 3. The first kappa shape index (κ1) is 12.5. The molecular formula is C16H15NO3. The molecule has 4 heteroatoms. The first-order valence-corrected chi connectivity index (χ1v) is 6.54. The fraction of sp³-hybridized carbons (Fsp3) is 0.188. The third kappa shape index (κ3) is 2.59. The zero-order valence-electron chi connectivity index (χ0n) is 10.9. The highest BCUT2D eigenvalue weighted by atomic mass is 16.5. The number of carboxylic acid groups (broad SMARTS) is 1. The number of nitrogens with one attached hydrogen (secondary N) is 1. The molecule has 0 atom stereocenters. The molecule has 0 saturated heterocycles. The van der Waals surface area contributed by atoms with Gasteiger partial charge in [-0.1, -0.05) is 12.1 Å². The van der Waals surface area contributed by atoms with Crippen LogP contribution in [0, 0.1) is 0 Å². The fourth-order valence-electron chi connectivity index (χ4n) is 2.28. The van der Waals surface area contributed by atoms with E-state index in [0.29, 0.717) is 12.1 Å². The van der Waals surface area contributed by atoms with Crippen molar-refractivity contribution >= 4 is 11.7 Å². The molecule has 0 fully saturated rings. The maximum absolute atomic E-state index is 10.8. The average Bonchev–Trinajstić information content (AvgIpc) is 2.93. The van der Waals surface area contributed by atoms with Crippen molar-refractivity contribution in [3.05, 3.63) is 59.2 Å². The number of rotatable bonds is 4. The monoisotopic (exact) mass is 269 g/mol. The minimum absolute atomic E-state index is 0.297. The van der Waals surface area contributed by atoms with E-state index in [-0.39, 0.29) is 0 Å². The molecular weight excluding hydrogens is 254 g/mol.